The number of nitrogens with zero attached hydrogens (tertiary/aromatic N) is 2. The van der Waals surface area contributed by atoms with Gasteiger partial charge in [-0.25, -0.2) is 4.79 Å². The summed E-state index contributed by atoms with van der Waals surface area (Å²) in [5.41, 5.74) is -0.460. The molecule has 1 heterocycles. The van der Waals surface area contributed by atoms with Crippen molar-refractivity contribution in [3.05, 3.63) is 12.2 Å². The molecule has 0 spiro atoms. The quantitative estimate of drug-likeness (QED) is 0.758. The second-order valence-electron chi connectivity index (χ2n) is 5.06. The summed E-state index contributed by atoms with van der Waals surface area (Å²) in [4.78, 5) is 17.8. The summed E-state index contributed by atoms with van der Waals surface area (Å²) in [6.07, 6.45) is 5.73. The minimum Gasteiger partial charge on any atom is -0.443 e. The lowest BCUT2D eigenvalue weighted by Gasteiger charge is -2.24. The predicted molar refractivity (Wildman–Crippen MR) is 69.3 cm³/mol. The number of aliphatic imine (C=N–C) groups is 1. The topological polar surface area (TPSA) is 41.9 Å². The highest BCUT2D eigenvalue weighted by molar-refractivity contribution is 6.03. The molecule has 0 aromatic rings. The van der Waals surface area contributed by atoms with Crippen LogP contribution in [0.15, 0.2) is 17.1 Å². The van der Waals surface area contributed by atoms with Gasteiger partial charge in [-0.3, -0.25) is 9.89 Å². The van der Waals surface area contributed by atoms with Crippen molar-refractivity contribution in [2.24, 2.45) is 4.99 Å². The normalized spacial score (nSPS) is 16.5. The Labute approximate surface area is 103 Å². The number of unbranched alkanes of at least 4 members (excludes halogenated alkanes) is 1. The number of hydrogen-bond donors (Lipinski definition) is 0. The lowest BCUT2D eigenvalue weighted by molar-refractivity contribution is 0.0385. The molecule has 0 radical (unpaired) electrons. The fourth-order valence-electron chi connectivity index (χ4n) is 1.46. The zero-order chi connectivity index (χ0) is 12.9. The van der Waals surface area contributed by atoms with E-state index in [2.05, 4.69) is 11.9 Å². The summed E-state index contributed by atoms with van der Waals surface area (Å²) >= 11 is 0. The first-order chi connectivity index (χ1) is 7.94. The van der Waals surface area contributed by atoms with Gasteiger partial charge < -0.3 is 4.74 Å². The van der Waals surface area contributed by atoms with E-state index in [4.69, 9.17) is 4.74 Å². The molecular weight excluding hydrogens is 216 g/mol. The monoisotopic (exact) mass is 238 g/mol. The Morgan fingerprint density at radius 3 is 2.82 bits per heavy atom. The molecule has 0 atom stereocenters. The highest BCUT2D eigenvalue weighted by Gasteiger charge is 2.26. The summed E-state index contributed by atoms with van der Waals surface area (Å²) in [6, 6.07) is 0. The fraction of sp³-hybridized carbons (Fsp3) is 0.692. The van der Waals surface area contributed by atoms with Gasteiger partial charge in [-0.15, -0.1) is 0 Å². The van der Waals surface area contributed by atoms with Crippen LogP contribution in [-0.4, -0.2) is 35.5 Å². The van der Waals surface area contributed by atoms with Crippen LogP contribution in [0, 0.1) is 0 Å². The van der Waals surface area contributed by atoms with Crippen LogP contribution in [0.3, 0.4) is 0 Å². The van der Waals surface area contributed by atoms with Crippen LogP contribution in [0.5, 0.6) is 0 Å². The van der Waals surface area contributed by atoms with Gasteiger partial charge in [-0.2, -0.15) is 0 Å². The number of ether oxygens (including phenoxy) is 1. The lowest BCUT2D eigenvalue weighted by atomic mass is 10.2. The summed E-state index contributed by atoms with van der Waals surface area (Å²) in [6.45, 7) is 8.98. The zero-order valence-electron chi connectivity index (χ0n) is 11.2. The van der Waals surface area contributed by atoms with Gasteiger partial charge in [-0.05, 0) is 33.3 Å². The second kappa shape index (κ2) is 5.84. The molecule has 0 bridgehead atoms. The van der Waals surface area contributed by atoms with Crippen LogP contribution in [-0.2, 0) is 4.74 Å². The summed E-state index contributed by atoms with van der Waals surface area (Å²) in [7, 11) is 0. The maximum atomic E-state index is 11.9. The Kier molecular flexibility index (Phi) is 4.73. The average molecular weight is 238 g/mol. The number of rotatable bonds is 3. The van der Waals surface area contributed by atoms with E-state index >= 15 is 0 Å². The summed E-state index contributed by atoms with van der Waals surface area (Å²) < 4.78 is 5.33. The molecule has 96 valence electrons. The number of allylic oxidation sites excluding steroid dienone is 1. The van der Waals surface area contributed by atoms with Gasteiger partial charge in [-0.1, -0.05) is 19.4 Å². The van der Waals surface area contributed by atoms with E-state index in [0.29, 0.717) is 18.9 Å². The van der Waals surface area contributed by atoms with Crippen LogP contribution >= 0.6 is 0 Å². The van der Waals surface area contributed by atoms with Gasteiger partial charge in [0, 0.05) is 0 Å². The number of amidine groups is 1. The van der Waals surface area contributed by atoms with Gasteiger partial charge in [0.25, 0.3) is 0 Å². The SMILES string of the molecule is CCC/C=C/C1=NCCN1C(=O)OC(C)(C)C. The Bertz CT molecular complexity index is 327. The third kappa shape index (κ3) is 4.59. The molecule has 1 rings (SSSR count). The van der Waals surface area contributed by atoms with Crippen molar-refractivity contribution < 1.29 is 9.53 Å². The highest BCUT2D eigenvalue weighted by atomic mass is 16.6. The van der Waals surface area contributed by atoms with Gasteiger partial charge in [0.1, 0.15) is 11.4 Å². The zero-order valence-corrected chi connectivity index (χ0v) is 11.2. The molecule has 1 aliphatic rings. The molecular formula is C13H22N2O2. The minimum atomic E-state index is -0.460. The van der Waals surface area contributed by atoms with E-state index in [1.54, 1.807) is 4.90 Å². The molecule has 4 heteroatoms. The fourth-order valence-corrected chi connectivity index (χ4v) is 1.46. The molecule has 0 saturated heterocycles. The average Bonchev–Trinajstić information content (AvgIpc) is 2.64. The Balaban J connectivity index is 2.59. The smallest absolute Gasteiger partial charge is 0.416 e. The van der Waals surface area contributed by atoms with E-state index < -0.39 is 5.60 Å². The van der Waals surface area contributed by atoms with Crippen molar-refractivity contribution in [3.8, 4) is 0 Å². The third-order valence-electron chi connectivity index (χ3n) is 2.21. The van der Waals surface area contributed by atoms with Crippen LogP contribution in [0.25, 0.3) is 0 Å². The van der Waals surface area contributed by atoms with E-state index in [0.717, 1.165) is 12.8 Å². The van der Waals surface area contributed by atoms with Crippen molar-refractivity contribution in [1.29, 1.82) is 0 Å². The summed E-state index contributed by atoms with van der Waals surface area (Å²) in [5, 5.41) is 0. The Morgan fingerprint density at radius 2 is 2.24 bits per heavy atom. The summed E-state index contributed by atoms with van der Waals surface area (Å²) in [5.74, 6) is 0.715. The molecule has 0 aromatic carbocycles. The third-order valence-corrected chi connectivity index (χ3v) is 2.21. The van der Waals surface area contributed by atoms with Gasteiger partial charge in [0.15, 0.2) is 0 Å². The molecule has 0 N–H and O–H groups in total. The van der Waals surface area contributed by atoms with Gasteiger partial charge in [0.05, 0.1) is 13.1 Å². The van der Waals surface area contributed by atoms with E-state index in [9.17, 15) is 4.79 Å². The molecule has 0 saturated carbocycles. The molecule has 1 amide bonds. The molecule has 0 aromatic heterocycles. The molecule has 0 unspecified atom stereocenters. The van der Waals surface area contributed by atoms with Crippen molar-refractivity contribution in [2.45, 2.75) is 46.1 Å². The molecule has 17 heavy (non-hydrogen) atoms. The van der Waals surface area contributed by atoms with Crippen molar-refractivity contribution in [2.75, 3.05) is 13.1 Å². The van der Waals surface area contributed by atoms with Gasteiger partial charge >= 0.3 is 6.09 Å². The van der Waals surface area contributed by atoms with Crippen molar-refractivity contribution >= 4 is 11.9 Å². The van der Waals surface area contributed by atoms with Gasteiger partial charge in [0.2, 0.25) is 0 Å². The Morgan fingerprint density at radius 1 is 1.53 bits per heavy atom. The Hall–Kier alpha value is -1.32. The molecule has 0 fully saturated rings. The predicted octanol–water partition coefficient (Wildman–Crippen LogP) is 2.99. The van der Waals surface area contributed by atoms with Crippen LogP contribution < -0.4 is 0 Å². The highest BCUT2D eigenvalue weighted by Crippen LogP contribution is 2.13. The first-order valence-electron chi connectivity index (χ1n) is 6.15. The van der Waals surface area contributed by atoms with Crippen LogP contribution in [0.1, 0.15) is 40.5 Å². The first kappa shape index (κ1) is 13.7. The number of amides is 1. The lowest BCUT2D eigenvalue weighted by Crippen LogP contribution is -2.38. The molecule has 4 nitrogen and oxygen atoms in total. The van der Waals surface area contributed by atoms with Crippen molar-refractivity contribution in [1.82, 2.24) is 4.90 Å². The number of carbonyl (C=O) groups excluding carboxylic acids is 1. The van der Waals surface area contributed by atoms with E-state index in [1.165, 1.54) is 0 Å². The number of carbonyl (C=O) groups is 1. The minimum absolute atomic E-state index is 0.310. The van der Waals surface area contributed by atoms with E-state index in [1.807, 2.05) is 32.9 Å². The largest absolute Gasteiger partial charge is 0.443 e. The van der Waals surface area contributed by atoms with Crippen molar-refractivity contribution in [3.63, 3.8) is 0 Å². The molecule has 1 aliphatic heterocycles. The van der Waals surface area contributed by atoms with Crippen LogP contribution in [0.2, 0.25) is 0 Å². The standard InChI is InChI=1S/C13H22N2O2/c1-5-6-7-8-11-14-9-10-15(11)12(16)17-13(2,3)4/h7-8H,5-6,9-10H2,1-4H3/b8-7+. The number of hydrogen-bond acceptors (Lipinski definition) is 3. The maximum absolute atomic E-state index is 11.9. The second-order valence-corrected chi connectivity index (χ2v) is 5.06. The van der Waals surface area contributed by atoms with Crippen LogP contribution in [0.4, 0.5) is 4.79 Å². The molecule has 0 aliphatic carbocycles. The first-order valence-corrected chi connectivity index (χ1v) is 6.15. The van der Waals surface area contributed by atoms with E-state index in [-0.39, 0.29) is 6.09 Å². The maximum Gasteiger partial charge on any atom is 0.416 e.